The molecule has 0 aliphatic heterocycles. The number of nitrogens with zero attached hydrogens (tertiary/aromatic N) is 1. The molecule has 0 saturated heterocycles. The van der Waals surface area contributed by atoms with Crippen LogP contribution >= 0.6 is 0 Å². The van der Waals surface area contributed by atoms with Crippen molar-refractivity contribution < 1.29 is 19.1 Å². The van der Waals surface area contributed by atoms with Crippen molar-refractivity contribution in [2.24, 2.45) is 0 Å². The maximum atomic E-state index is 12.9. The highest BCUT2D eigenvalue weighted by Gasteiger charge is 2.19. The molecule has 2 rings (SSSR count). The number of Topliss-reactive ketones (excluding diaryl/α,β-unsaturated/α-hetero) is 1. The molecule has 0 aliphatic rings. The van der Waals surface area contributed by atoms with Gasteiger partial charge < -0.3 is 5.11 Å². The van der Waals surface area contributed by atoms with Gasteiger partial charge >= 0.3 is 5.97 Å². The molecule has 0 fully saturated rings. The van der Waals surface area contributed by atoms with E-state index in [1.165, 1.54) is 24.4 Å². The zero-order valence-corrected chi connectivity index (χ0v) is 11.2. The Hall–Kier alpha value is -2.82. The molecule has 2 aromatic rings. The normalized spacial score (nSPS) is 11.2. The van der Waals surface area contributed by atoms with Crippen LogP contribution in [0.25, 0.3) is 6.08 Å². The molecule has 0 atom stereocenters. The van der Waals surface area contributed by atoms with Crippen molar-refractivity contribution in [1.29, 1.82) is 0 Å². The van der Waals surface area contributed by atoms with Crippen LogP contribution in [0.5, 0.6) is 0 Å². The number of aliphatic carboxylic acids is 1. The van der Waals surface area contributed by atoms with E-state index < -0.39 is 23.1 Å². The maximum Gasteiger partial charge on any atom is 0.339 e. The first-order chi connectivity index (χ1) is 9.97. The first-order valence-electron chi connectivity index (χ1n) is 6.14. The van der Waals surface area contributed by atoms with E-state index in [4.69, 9.17) is 0 Å². The number of rotatable bonds is 4. The number of aromatic nitrogens is 1. The van der Waals surface area contributed by atoms with E-state index in [2.05, 4.69) is 4.98 Å². The third kappa shape index (κ3) is 3.60. The first kappa shape index (κ1) is 14.6. The molecule has 0 saturated carbocycles. The molecule has 21 heavy (non-hydrogen) atoms. The molecular weight excluding hydrogens is 273 g/mol. The summed E-state index contributed by atoms with van der Waals surface area (Å²) in [5.74, 6) is -2.51. The van der Waals surface area contributed by atoms with Gasteiger partial charge in [-0.1, -0.05) is 0 Å². The van der Waals surface area contributed by atoms with E-state index in [0.717, 1.165) is 17.7 Å². The number of hydrogen-bond donors (Lipinski definition) is 1. The van der Waals surface area contributed by atoms with Gasteiger partial charge in [-0.2, -0.15) is 0 Å². The van der Waals surface area contributed by atoms with Crippen LogP contribution in [0.2, 0.25) is 0 Å². The average molecular weight is 285 g/mol. The monoisotopic (exact) mass is 285 g/mol. The van der Waals surface area contributed by atoms with Crippen LogP contribution in [-0.2, 0) is 4.79 Å². The summed E-state index contributed by atoms with van der Waals surface area (Å²) in [4.78, 5) is 27.4. The predicted molar refractivity (Wildman–Crippen MR) is 75.3 cm³/mol. The smallest absolute Gasteiger partial charge is 0.339 e. The van der Waals surface area contributed by atoms with Gasteiger partial charge in [0.2, 0.25) is 0 Å². The highest BCUT2D eigenvalue weighted by atomic mass is 19.1. The Morgan fingerprint density at radius 1 is 1.19 bits per heavy atom. The zero-order chi connectivity index (χ0) is 15.4. The number of ketones is 1. The highest BCUT2D eigenvalue weighted by Crippen LogP contribution is 2.14. The second-order valence-electron chi connectivity index (χ2n) is 4.49. The fraction of sp³-hybridized carbons (Fsp3) is 0.0625. The van der Waals surface area contributed by atoms with E-state index in [9.17, 15) is 19.1 Å². The van der Waals surface area contributed by atoms with Crippen LogP contribution < -0.4 is 0 Å². The van der Waals surface area contributed by atoms with Crippen molar-refractivity contribution in [2.75, 3.05) is 0 Å². The minimum atomic E-state index is -1.34. The van der Waals surface area contributed by atoms with Crippen molar-refractivity contribution in [2.45, 2.75) is 6.92 Å². The molecule has 1 aromatic carbocycles. The Morgan fingerprint density at radius 3 is 2.43 bits per heavy atom. The van der Waals surface area contributed by atoms with Gasteiger partial charge in [0.15, 0.2) is 5.78 Å². The molecule has 0 spiro atoms. The van der Waals surface area contributed by atoms with Crippen LogP contribution in [0.1, 0.15) is 21.5 Å². The van der Waals surface area contributed by atoms with Crippen molar-refractivity contribution in [3.63, 3.8) is 0 Å². The molecule has 5 heteroatoms. The van der Waals surface area contributed by atoms with Gasteiger partial charge in [0.05, 0.1) is 0 Å². The van der Waals surface area contributed by atoms with Crippen molar-refractivity contribution >= 4 is 17.8 Å². The Morgan fingerprint density at radius 2 is 1.86 bits per heavy atom. The molecule has 0 bridgehead atoms. The summed E-state index contributed by atoms with van der Waals surface area (Å²) >= 11 is 0. The van der Waals surface area contributed by atoms with Gasteiger partial charge in [0.1, 0.15) is 11.4 Å². The van der Waals surface area contributed by atoms with Crippen molar-refractivity contribution in [3.8, 4) is 0 Å². The second kappa shape index (κ2) is 6.09. The van der Waals surface area contributed by atoms with Crippen molar-refractivity contribution in [1.82, 2.24) is 4.98 Å². The Labute approximate surface area is 120 Å². The number of carboxylic acid groups (broad SMARTS) is 1. The summed E-state index contributed by atoms with van der Waals surface area (Å²) in [6, 6.07) is 6.45. The number of carbonyl (C=O) groups is 2. The standard InChI is InChI=1S/C16H12FNO3/c1-10-6-11(9-18-8-10)7-14(16(20)21)15(19)12-2-4-13(17)5-3-12/h2-9H,1H3,(H,20,21). The number of aryl methyl sites for hydroxylation is 1. The number of halogens is 1. The van der Waals surface area contributed by atoms with E-state index in [1.807, 2.05) is 6.92 Å². The molecular formula is C16H12FNO3. The molecule has 1 heterocycles. The molecule has 0 aliphatic carbocycles. The van der Waals surface area contributed by atoms with Gasteiger partial charge in [-0.3, -0.25) is 9.78 Å². The predicted octanol–water partition coefficient (Wildman–Crippen LogP) is 2.88. The summed E-state index contributed by atoms with van der Waals surface area (Å²) in [5, 5.41) is 9.21. The molecule has 1 aromatic heterocycles. The molecule has 0 amide bonds. The summed E-state index contributed by atoms with van der Waals surface area (Å²) < 4.78 is 12.9. The third-order valence-corrected chi connectivity index (χ3v) is 2.79. The van der Waals surface area contributed by atoms with E-state index >= 15 is 0 Å². The van der Waals surface area contributed by atoms with E-state index in [-0.39, 0.29) is 5.56 Å². The van der Waals surface area contributed by atoms with Crippen LogP contribution in [0.15, 0.2) is 48.3 Å². The van der Waals surface area contributed by atoms with Gasteiger partial charge in [-0.05, 0) is 54.5 Å². The third-order valence-electron chi connectivity index (χ3n) is 2.79. The first-order valence-corrected chi connectivity index (χ1v) is 6.14. The summed E-state index contributed by atoms with van der Waals surface area (Å²) in [6.07, 6.45) is 4.35. The number of carbonyl (C=O) groups excluding carboxylic acids is 1. The topological polar surface area (TPSA) is 67.3 Å². The minimum Gasteiger partial charge on any atom is -0.478 e. The number of hydrogen-bond acceptors (Lipinski definition) is 3. The quantitative estimate of drug-likeness (QED) is 0.406. The molecule has 1 N–H and O–H groups in total. The lowest BCUT2D eigenvalue weighted by molar-refractivity contribution is -0.132. The summed E-state index contributed by atoms with van der Waals surface area (Å²) in [7, 11) is 0. The van der Waals surface area contributed by atoms with Gasteiger partial charge in [0.25, 0.3) is 0 Å². The lowest BCUT2D eigenvalue weighted by Crippen LogP contribution is -2.12. The Bertz CT molecular complexity index is 721. The molecule has 0 radical (unpaired) electrons. The lowest BCUT2D eigenvalue weighted by Gasteiger charge is -2.03. The Balaban J connectivity index is 2.41. The Kier molecular flexibility index (Phi) is 4.23. The fourth-order valence-electron chi connectivity index (χ4n) is 1.81. The van der Waals surface area contributed by atoms with Crippen LogP contribution in [0.3, 0.4) is 0 Å². The number of carboxylic acids is 1. The van der Waals surface area contributed by atoms with Crippen LogP contribution in [-0.4, -0.2) is 21.8 Å². The maximum absolute atomic E-state index is 12.9. The van der Waals surface area contributed by atoms with E-state index in [0.29, 0.717) is 5.56 Å². The minimum absolute atomic E-state index is 0.116. The molecule has 4 nitrogen and oxygen atoms in total. The van der Waals surface area contributed by atoms with Crippen LogP contribution in [0, 0.1) is 12.7 Å². The van der Waals surface area contributed by atoms with Crippen molar-refractivity contribution in [3.05, 3.63) is 70.8 Å². The number of benzene rings is 1. The molecule has 106 valence electrons. The summed E-state index contributed by atoms with van der Waals surface area (Å²) in [5.41, 5.74) is 1.09. The SMILES string of the molecule is Cc1cncc(C=C(C(=O)O)C(=O)c2ccc(F)cc2)c1. The zero-order valence-electron chi connectivity index (χ0n) is 11.2. The largest absolute Gasteiger partial charge is 0.478 e. The second-order valence-corrected chi connectivity index (χ2v) is 4.49. The van der Waals surface area contributed by atoms with Gasteiger partial charge in [-0.25, -0.2) is 9.18 Å². The van der Waals surface area contributed by atoms with Gasteiger partial charge in [-0.15, -0.1) is 0 Å². The average Bonchev–Trinajstić information content (AvgIpc) is 2.44. The van der Waals surface area contributed by atoms with Gasteiger partial charge in [0, 0.05) is 18.0 Å². The lowest BCUT2D eigenvalue weighted by atomic mass is 10.0. The summed E-state index contributed by atoms with van der Waals surface area (Å²) in [6.45, 7) is 1.81. The number of pyridine rings is 1. The fourth-order valence-corrected chi connectivity index (χ4v) is 1.81. The highest BCUT2D eigenvalue weighted by molar-refractivity contribution is 6.26. The molecule has 0 unspecified atom stereocenters. The van der Waals surface area contributed by atoms with Crippen LogP contribution in [0.4, 0.5) is 4.39 Å². The van der Waals surface area contributed by atoms with E-state index in [1.54, 1.807) is 12.3 Å².